The molecule has 326 valence electrons. The maximum absolute atomic E-state index is 15.9. The first kappa shape index (κ1) is 37.1. The highest BCUT2D eigenvalue weighted by atomic mass is 16.6. The molecule has 3 aliphatic carbocycles. The molecule has 15 heteroatoms. The molecule has 0 radical (unpaired) electrons. The second-order valence-corrected chi connectivity index (χ2v) is 17.8. The fourth-order valence-electron chi connectivity index (χ4n) is 9.79. The Morgan fingerprint density at radius 1 is 0.967 bits per heavy atom. The predicted octanol–water partition coefficient (Wildman–Crippen LogP) is 4.57. The summed E-state index contributed by atoms with van der Waals surface area (Å²) in [6.45, 7) is 11.0. The number of Topliss-reactive ketones (excluding diaryl/α,β-unsaturated/α-hetero) is 1. The smallest absolute Gasteiger partial charge is 0.408 e. The quantitative estimate of drug-likeness (QED) is 0.171. The monoisotopic (exact) mass is 841 g/mol. The molecule has 3 fully saturated rings. The van der Waals surface area contributed by atoms with Crippen LogP contribution in [0.15, 0.2) is 71.8 Å². The van der Waals surface area contributed by atoms with E-state index in [4.69, 9.17) is 41.4 Å². The first-order valence-electron chi connectivity index (χ1n) is 22.7. The largest absolute Gasteiger partial charge is 0.456 e. The SMILES string of the molecule is [2H]C([2H])([2H])O[C@@H]1C(=O)[C@@]2(C)[C@H]([C@H](OC(=O)c3ccccc3)[C@]3(O)C[C@H](OC(=O)[C@H](O)[C@@H](NC(=O)OC(C)(C)C)c4ccccc4)C(C)=C1C3(C)C)[C@]1(OC(C)=O)CO[C@@H]1C[C@H]2OC([2H])([2H])[2H]. The summed E-state index contributed by atoms with van der Waals surface area (Å²) in [5, 5.41) is 28.1. The summed E-state index contributed by atoms with van der Waals surface area (Å²) in [5.74, 6) is -6.18. The number of benzene rings is 2. The number of hydrogen-bond acceptors (Lipinski definition) is 14. The molecule has 1 saturated heterocycles. The first-order valence-corrected chi connectivity index (χ1v) is 19.7. The minimum atomic E-state index is -3.35. The number of nitrogens with one attached hydrogen (secondary N) is 1. The summed E-state index contributed by atoms with van der Waals surface area (Å²) < 4.78 is 90.5. The van der Waals surface area contributed by atoms with Crippen LogP contribution in [0.4, 0.5) is 4.79 Å². The minimum absolute atomic E-state index is 0.0111. The normalized spacial score (nSPS) is 34.9. The summed E-state index contributed by atoms with van der Waals surface area (Å²) in [6, 6.07) is 14.0. The number of ether oxygens (including phenoxy) is 7. The number of methoxy groups -OCH3 is 2. The van der Waals surface area contributed by atoms with Crippen molar-refractivity contribution >= 4 is 29.8 Å². The van der Waals surface area contributed by atoms with E-state index >= 15 is 4.79 Å². The fraction of sp³-hybridized carbons (Fsp3) is 0.578. The third-order valence-electron chi connectivity index (χ3n) is 12.8. The Labute approximate surface area is 358 Å². The highest BCUT2D eigenvalue weighted by Crippen LogP contribution is 2.64. The van der Waals surface area contributed by atoms with Gasteiger partial charge in [0.15, 0.2) is 17.5 Å². The molecular formula is C45H57NO14. The van der Waals surface area contributed by atoms with Gasteiger partial charge in [-0.05, 0) is 63.5 Å². The van der Waals surface area contributed by atoms with Crippen molar-refractivity contribution in [2.24, 2.45) is 16.7 Å². The summed E-state index contributed by atoms with van der Waals surface area (Å²) in [6.07, 6.45) is -13.0. The molecule has 15 nitrogen and oxygen atoms in total. The van der Waals surface area contributed by atoms with Crippen molar-refractivity contribution in [2.75, 3.05) is 20.7 Å². The second-order valence-electron chi connectivity index (χ2n) is 17.8. The van der Waals surface area contributed by atoms with Crippen LogP contribution in [0.5, 0.6) is 0 Å². The van der Waals surface area contributed by atoms with Gasteiger partial charge in [-0.2, -0.15) is 0 Å². The number of ketones is 1. The average Bonchev–Trinajstić information content (AvgIpc) is 3.19. The van der Waals surface area contributed by atoms with Gasteiger partial charge in [-0.1, -0.05) is 62.4 Å². The van der Waals surface area contributed by atoms with E-state index in [1.807, 2.05) is 0 Å². The molecule has 0 unspecified atom stereocenters. The molecule has 11 atom stereocenters. The predicted molar refractivity (Wildman–Crippen MR) is 213 cm³/mol. The standard InChI is InChI=1S/C45H57NO14/c1-24-28(57-39(51)33(48)32(26-17-13-11-14-18-26)46-40(52)60-41(3,4)5)22-45(53)37(58-38(50)27-19-15-12-16-20-27)35-43(8,36(49)34(55-10)31(24)42(45,6)7)29(54-9)21-30-44(35,23-56-30)59-25(2)47/h11-20,28-30,32-35,37,48,53H,21-23H2,1-10H3,(H,46,52)/t28-,29+,30+,32-,33+,34-,35-,37-,43+,44-,45+/m0/s1/i9D3,10D3. The van der Waals surface area contributed by atoms with Gasteiger partial charge < -0.3 is 48.7 Å². The van der Waals surface area contributed by atoms with Crippen LogP contribution in [0, 0.1) is 16.7 Å². The van der Waals surface area contributed by atoms with Crippen molar-refractivity contribution < 1.29 is 75.6 Å². The lowest BCUT2D eigenvalue weighted by molar-refractivity contribution is -0.347. The summed E-state index contributed by atoms with van der Waals surface area (Å²) in [7, 11) is -6.55. The van der Waals surface area contributed by atoms with Crippen LogP contribution in [-0.4, -0.2) is 114 Å². The zero-order valence-electron chi connectivity index (χ0n) is 40.8. The highest BCUT2D eigenvalue weighted by Gasteiger charge is 2.78. The van der Waals surface area contributed by atoms with E-state index in [0.29, 0.717) is 0 Å². The molecule has 2 bridgehead atoms. The molecular weight excluding hydrogens is 778 g/mol. The van der Waals surface area contributed by atoms with Crippen molar-refractivity contribution in [3.8, 4) is 0 Å². The van der Waals surface area contributed by atoms with Crippen LogP contribution in [0.25, 0.3) is 0 Å². The summed E-state index contributed by atoms with van der Waals surface area (Å²) in [5.41, 5.74) is -9.76. The summed E-state index contributed by atoms with van der Waals surface area (Å²) in [4.78, 5) is 70.9. The number of hydrogen-bond donors (Lipinski definition) is 3. The average molecular weight is 842 g/mol. The van der Waals surface area contributed by atoms with Gasteiger partial charge in [-0.15, -0.1) is 0 Å². The molecule has 2 aromatic carbocycles. The minimum Gasteiger partial charge on any atom is -0.456 e. The van der Waals surface area contributed by atoms with E-state index in [9.17, 15) is 29.4 Å². The number of aliphatic hydroxyl groups excluding tert-OH is 1. The number of carbonyl (C=O) groups excluding carboxylic acids is 5. The van der Waals surface area contributed by atoms with Crippen molar-refractivity contribution in [3.05, 3.63) is 82.9 Å². The molecule has 2 aromatic rings. The van der Waals surface area contributed by atoms with Gasteiger partial charge in [0.1, 0.15) is 35.6 Å². The zero-order chi connectivity index (χ0) is 49.2. The van der Waals surface area contributed by atoms with Crippen LogP contribution in [0.3, 0.4) is 0 Å². The van der Waals surface area contributed by atoms with Crippen LogP contribution in [0.2, 0.25) is 0 Å². The Morgan fingerprint density at radius 3 is 2.17 bits per heavy atom. The van der Waals surface area contributed by atoms with Crippen LogP contribution in [0.1, 0.15) is 98.4 Å². The fourth-order valence-corrected chi connectivity index (χ4v) is 9.79. The molecule has 60 heavy (non-hydrogen) atoms. The van der Waals surface area contributed by atoms with Crippen molar-refractivity contribution in [3.63, 3.8) is 0 Å². The lowest BCUT2D eigenvalue weighted by Crippen LogP contribution is -2.82. The van der Waals surface area contributed by atoms with Gasteiger partial charge >= 0.3 is 24.0 Å². The molecule has 1 amide bonds. The number of amides is 1. The van der Waals surface area contributed by atoms with Gasteiger partial charge in [0.25, 0.3) is 0 Å². The Hall–Kier alpha value is -4.67. The molecule has 6 rings (SSSR count). The number of alkyl carbamates (subject to hydrolysis) is 1. The molecule has 3 N–H and O–H groups in total. The maximum Gasteiger partial charge on any atom is 0.408 e. The van der Waals surface area contributed by atoms with E-state index in [1.54, 1.807) is 57.2 Å². The summed E-state index contributed by atoms with van der Waals surface area (Å²) >= 11 is 0. The Balaban J connectivity index is 1.60. The Bertz CT molecular complexity index is 2230. The molecule has 0 spiro atoms. The Morgan fingerprint density at radius 2 is 1.60 bits per heavy atom. The van der Waals surface area contributed by atoms with E-state index in [-0.39, 0.29) is 22.3 Å². The van der Waals surface area contributed by atoms with Gasteiger partial charge in [0.05, 0.1) is 43.9 Å². The van der Waals surface area contributed by atoms with Crippen molar-refractivity contribution in [2.45, 2.75) is 128 Å². The number of carbonyl (C=O) groups is 5. The third kappa shape index (κ3) is 7.52. The number of esters is 3. The molecule has 1 heterocycles. The second kappa shape index (κ2) is 16.3. The molecule has 4 aliphatic rings. The zero-order valence-corrected chi connectivity index (χ0v) is 34.8. The van der Waals surface area contributed by atoms with Gasteiger partial charge in [-0.25, -0.2) is 14.4 Å². The van der Waals surface area contributed by atoms with Crippen LogP contribution < -0.4 is 5.32 Å². The van der Waals surface area contributed by atoms with Gasteiger partial charge in [0, 0.05) is 39.3 Å². The first-order chi connectivity index (χ1) is 30.4. The number of fused-ring (bicyclic) bond motifs is 5. The third-order valence-corrected chi connectivity index (χ3v) is 12.8. The van der Waals surface area contributed by atoms with E-state index in [0.717, 1.165) is 6.92 Å². The maximum atomic E-state index is 15.9. The number of rotatable bonds is 10. The molecule has 1 aliphatic heterocycles. The van der Waals surface area contributed by atoms with Gasteiger partial charge in [-0.3, -0.25) is 9.59 Å². The Kier molecular flexibility index (Phi) is 10.1. The van der Waals surface area contributed by atoms with E-state index in [2.05, 4.69) is 5.32 Å². The molecule has 2 saturated carbocycles. The number of aliphatic hydroxyl groups is 2. The highest BCUT2D eigenvalue weighted by molar-refractivity contribution is 5.94. The molecule has 0 aromatic heterocycles. The van der Waals surface area contributed by atoms with E-state index < -0.39 is 140 Å². The van der Waals surface area contributed by atoms with Crippen LogP contribution >= 0.6 is 0 Å². The topological polar surface area (TPSA) is 202 Å². The van der Waals surface area contributed by atoms with Crippen LogP contribution in [-0.2, 0) is 47.5 Å². The lowest BCUT2D eigenvalue weighted by atomic mass is 9.44. The van der Waals surface area contributed by atoms with E-state index in [1.165, 1.54) is 52.0 Å². The van der Waals surface area contributed by atoms with Crippen molar-refractivity contribution in [1.82, 2.24) is 5.32 Å². The van der Waals surface area contributed by atoms with Gasteiger partial charge in [0.2, 0.25) is 0 Å². The van der Waals surface area contributed by atoms with Crippen molar-refractivity contribution in [1.29, 1.82) is 0 Å². The lowest BCUT2D eigenvalue weighted by Gasteiger charge is -2.67.